The van der Waals surface area contributed by atoms with Gasteiger partial charge in [0.2, 0.25) is 5.91 Å². The number of amides is 1. The number of H-pyrrole nitrogens is 1. The van der Waals surface area contributed by atoms with Crippen LogP contribution in [0.15, 0.2) is 41.6 Å². The number of hydrogen-bond donors (Lipinski definition) is 2. The van der Waals surface area contributed by atoms with Crippen LogP contribution in [0.25, 0.3) is 11.0 Å². The molecular weight excluding hydrogens is 364 g/mol. The molecule has 0 bridgehead atoms. The molecule has 25 heavy (non-hydrogen) atoms. The van der Waals surface area contributed by atoms with Gasteiger partial charge in [0.05, 0.1) is 21.7 Å². The number of halogens is 1. The number of carbonyl (C=O) groups excluding carboxylic acids is 1. The Hall–Kier alpha value is -2.58. The van der Waals surface area contributed by atoms with E-state index in [0.717, 1.165) is 16.6 Å². The summed E-state index contributed by atoms with van der Waals surface area (Å²) in [4.78, 5) is 30.1. The summed E-state index contributed by atoms with van der Waals surface area (Å²) in [5, 5.41) is 14.4. The van der Waals surface area contributed by atoms with Crippen molar-refractivity contribution < 1.29 is 9.72 Å². The second kappa shape index (κ2) is 7.12. The number of aromatic amines is 1. The summed E-state index contributed by atoms with van der Waals surface area (Å²) in [7, 11) is 0. The average Bonchev–Trinajstić information content (AvgIpc) is 2.94. The molecule has 0 unspecified atom stereocenters. The van der Waals surface area contributed by atoms with E-state index in [1.807, 2.05) is 25.1 Å². The molecule has 2 N–H and O–H groups in total. The largest absolute Gasteiger partial charge is 0.333 e. The summed E-state index contributed by atoms with van der Waals surface area (Å²) >= 11 is 7.06. The monoisotopic (exact) mass is 376 g/mol. The Labute approximate surface area is 151 Å². The van der Waals surface area contributed by atoms with Crippen molar-refractivity contribution in [3.05, 3.63) is 57.1 Å². The van der Waals surface area contributed by atoms with Crippen molar-refractivity contribution >= 4 is 51.7 Å². The van der Waals surface area contributed by atoms with Gasteiger partial charge in [-0.3, -0.25) is 14.9 Å². The van der Waals surface area contributed by atoms with E-state index < -0.39 is 4.92 Å². The molecule has 0 saturated carbocycles. The molecule has 7 nitrogen and oxygen atoms in total. The topological polar surface area (TPSA) is 101 Å². The number of aromatic nitrogens is 2. The van der Waals surface area contributed by atoms with Gasteiger partial charge in [-0.05, 0) is 36.8 Å². The van der Waals surface area contributed by atoms with E-state index in [9.17, 15) is 14.9 Å². The number of thioether (sulfide) groups is 1. The number of nitro benzene ring substituents is 1. The van der Waals surface area contributed by atoms with Crippen molar-refractivity contribution in [3.8, 4) is 0 Å². The summed E-state index contributed by atoms with van der Waals surface area (Å²) < 4.78 is 0. The lowest BCUT2D eigenvalue weighted by molar-refractivity contribution is -0.383. The summed E-state index contributed by atoms with van der Waals surface area (Å²) in [5.41, 5.74) is 2.69. The van der Waals surface area contributed by atoms with Gasteiger partial charge in [0.25, 0.3) is 5.69 Å². The first kappa shape index (κ1) is 17.2. The fraction of sp³-hybridized carbons (Fsp3) is 0.125. The summed E-state index contributed by atoms with van der Waals surface area (Å²) in [6.07, 6.45) is 0. The number of nitrogens with one attached hydrogen (secondary N) is 2. The lowest BCUT2D eigenvalue weighted by atomic mass is 10.2. The SMILES string of the molecule is Cc1ccc2nc(SCC(=O)Nc3cc(Cl)ccc3[N+](=O)[O-])[nH]c2c1. The molecule has 0 aliphatic carbocycles. The number of aryl methyl sites for hydroxylation is 1. The minimum Gasteiger partial charge on any atom is -0.333 e. The first-order valence-electron chi connectivity index (χ1n) is 7.25. The summed E-state index contributed by atoms with van der Waals surface area (Å²) in [6, 6.07) is 9.85. The van der Waals surface area contributed by atoms with Crippen LogP contribution >= 0.6 is 23.4 Å². The molecule has 0 saturated heterocycles. The minimum absolute atomic E-state index is 0.0580. The molecule has 0 spiro atoms. The van der Waals surface area contributed by atoms with E-state index in [4.69, 9.17) is 11.6 Å². The van der Waals surface area contributed by atoms with Crippen molar-refractivity contribution in [2.75, 3.05) is 11.1 Å². The first-order chi connectivity index (χ1) is 11.9. The maximum Gasteiger partial charge on any atom is 0.292 e. The van der Waals surface area contributed by atoms with Crippen molar-refractivity contribution in [2.45, 2.75) is 12.1 Å². The first-order valence-corrected chi connectivity index (χ1v) is 8.62. The Balaban J connectivity index is 1.68. The van der Waals surface area contributed by atoms with Crippen LogP contribution in [-0.4, -0.2) is 26.6 Å². The van der Waals surface area contributed by atoms with Gasteiger partial charge in [-0.1, -0.05) is 29.4 Å². The van der Waals surface area contributed by atoms with Crippen LogP contribution in [0.3, 0.4) is 0 Å². The van der Waals surface area contributed by atoms with Gasteiger partial charge in [0, 0.05) is 11.1 Å². The number of nitro groups is 1. The zero-order valence-corrected chi connectivity index (χ0v) is 14.6. The molecule has 1 amide bonds. The van der Waals surface area contributed by atoms with Crippen LogP contribution in [0.4, 0.5) is 11.4 Å². The normalized spacial score (nSPS) is 10.8. The fourth-order valence-corrected chi connectivity index (χ4v) is 3.11. The van der Waals surface area contributed by atoms with E-state index in [0.29, 0.717) is 10.2 Å². The molecule has 1 heterocycles. The van der Waals surface area contributed by atoms with Crippen LogP contribution in [0.1, 0.15) is 5.56 Å². The maximum absolute atomic E-state index is 12.1. The maximum atomic E-state index is 12.1. The smallest absolute Gasteiger partial charge is 0.292 e. The number of nitrogens with zero attached hydrogens (tertiary/aromatic N) is 2. The Bertz CT molecular complexity index is 973. The molecule has 0 fully saturated rings. The second-order valence-corrected chi connectivity index (χ2v) is 6.72. The quantitative estimate of drug-likeness (QED) is 0.395. The van der Waals surface area contributed by atoms with Crippen molar-refractivity contribution in [3.63, 3.8) is 0 Å². The molecule has 3 rings (SSSR count). The molecule has 128 valence electrons. The van der Waals surface area contributed by atoms with Gasteiger partial charge in [-0.2, -0.15) is 0 Å². The highest BCUT2D eigenvalue weighted by molar-refractivity contribution is 7.99. The fourth-order valence-electron chi connectivity index (χ4n) is 2.26. The standard InChI is InChI=1S/C16H13ClN4O3S/c1-9-2-4-11-12(6-9)20-16(19-11)25-8-15(22)18-13-7-10(17)3-5-14(13)21(23)24/h2-7H,8H2,1H3,(H,18,22)(H,19,20). The van der Waals surface area contributed by atoms with Gasteiger partial charge < -0.3 is 10.3 Å². The highest BCUT2D eigenvalue weighted by atomic mass is 35.5. The van der Waals surface area contributed by atoms with E-state index in [2.05, 4.69) is 15.3 Å². The van der Waals surface area contributed by atoms with E-state index in [-0.39, 0.29) is 23.0 Å². The van der Waals surface area contributed by atoms with Crippen molar-refractivity contribution in [2.24, 2.45) is 0 Å². The summed E-state index contributed by atoms with van der Waals surface area (Å²) in [5.74, 6) is -0.324. The van der Waals surface area contributed by atoms with Crippen LogP contribution in [0.2, 0.25) is 5.02 Å². The second-order valence-electron chi connectivity index (χ2n) is 5.32. The van der Waals surface area contributed by atoms with Crippen molar-refractivity contribution in [1.82, 2.24) is 9.97 Å². The third kappa shape index (κ3) is 4.09. The van der Waals surface area contributed by atoms with Gasteiger partial charge in [0.1, 0.15) is 5.69 Å². The number of fused-ring (bicyclic) bond motifs is 1. The molecule has 9 heteroatoms. The number of rotatable bonds is 5. The highest BCUT2D eigenvalue weighted by Crippen LogP contribution is 2.28. The molecule has 1 aromatic heterocycles. The predicted molar refractivity (Wildman–Crippen MR) is 98.3 cm³/mol. The van der Waals surface area contributed by atoms with Gasteiger partial charge in [-0.25, -0.2) is 4.98 Å². The molecule has 0 atom stereocenters. The van der Waals surface area contributed by atoms with Crippen LogP contribution < -0.4 is 5.32 Å². The molecular formula is C16H13ClN4O3S. The summed E-state index contributed by atoms with van der Waals surface area (Å²) in [6.45, 7) is 1.98. The third-order valence-electron chi connectivity index (χ3n) is 3.39. The van der Waals surface area contributed by atoms with Crippen molar-refractivity contribution in [1.29, 1.82) is 0 Å². The molecule has 0 radical (unpaired) electrons. The Morgan fingerprint density at radius 2 is 2.16 bits per heavy atom. The zero-order chi connectivity index (χ0) is 18.0. The molecule has 2 aromatic carbocycles. The number of benzene rings is 2. The number of imidazole rings is 1. The lowest BCUT2D eigenvalue weighted by Crippen LogP contribution is -2.15. The van der Waals surface area contributed by atoms with E-state index in [1.54, 1.807) is 0 Å². The molecule has 0 aliphatic rings. The Kier molecular flexibility index (Phi) is 4.91. The van der Waals surface area contributed by atoms with Gasteiger partial charge >= 0.3 is 0 Å². The van der Waals surface area contributed by atoms with Crippen LogP contribution in [0.5, 0.6) is 0 Å². The number of anilines is 1. The van der Waals surface area contributed by atoms with Gasteiger partial charge in [-0.15, -0.1) is 0 Å². The Morgan fingerprint density at radius 3 is 2.92 bits per heavy atom. The van der Waals surface area contributed by atoms with E-state index >= 15 is 0 Å². The molecule has 3 aromatic rings. The van der Waals surface area contributed by atoms with Crippen LogP contribution in [-0.2, 0) is 4.79 Å². The number of hydrogen-bond acceptors (Lipinski definition) is 5. The zero-order valence-electron chi connectivity index (χ0n) is 13.1. The Morgan fingerprint density at radius 1 is 1.36 bits per heavy atom. The van der Waals surface area contributed by atoms with E-state index in [1.165, 1.54) is 30.0 Å². The third-order valence-corrected chi connectivity index (χ3v) is 4.49. The highest BCUT2D eigenvalue weighted by Gasteiger charge is 2.16. The molecule has 0 aliphatic heterocycles. The van der Waals surface area contributed by atoms with Crippen LogP contribution in [0, 0.1) is 17.0 Å². The van der Waals surface area contributed by atoms with Gasteiger partial charge in [0.15, 0.2) is 5.16 Å². The number of carbonyl (C=O) groups is 1. The average molecular weight is 377 g/mol. The lowest BCUT2D eigenvalue weighted by Gasteiger charge is -2.05. The predicted octanol–water partition coefficient (Wildman–Crippen LogP) is 4.16. The minimum atomic E-state index is -0.569.